The van der Waals surface area contributed by atoms with Crippen LogP contribution in [0.25, 0.3) is 0 Å². The van der Waals surface area contributed by atoms with Gasteiger partial charge in [0.25, 0.3) is 0 Å². The third kappa shape index (κ3) is 5.22. The highest BCUT2D eigenvalue weighted by atomic mass is 31.1. The third-order valence-corrected chi connectivity index (χ3v) is 8.48. The molecule has 2 unspecified atom stereocenters. The van der Waals surface area contributed by atoms with E-state index < -0.39 is 26.4 Å². The molecule has 1 fully saturated rings. The zero-order valence-electron chi connectivity index (χ0n) is 17.8. The maximum absolute atomic E-state index is 14.7. The summed E-state index contributed by atoms with van der Waals surface area (Å²) in [4.78, 5) is 0. The SMILES string of the molecule is CCOC1CC[C@@H](Cc2ccc(P(c3ccccc3)c3ccccc3)cc2)[C@H](F)C1F. The van der Waals surface area contributed by atoms with Crippen LogP contribution in [0.15, 0.2) is 84.9 Å². The van der Waals surface area contributed by atoms with Gasteiger partial charge in [-0.15, -0.1) is 0 Å². The molecule has 3 aromatic rings. The number of benzene rings is 3. The van der Waals surface area contributed by atoms with E-state index in [1.807, 2.05) is 19.1 Å². The Morgan fingerprint density at radius 2 is 1.29 bits per heavy atom. The Morgan fingerprint density at radius 3 is 1.84 bits per heavy atom. The highest BCUT2D eigenvalue weighted by Crippen LogP contribution is 2.35. The predicted octanol–water partition coefficient (Wildman–Crippen LogP) is 5.48. The minimum Gasteiger partial charge on any atom is -0.375 e. The quantitative estimate of drug-likeness (QED) is 0.444. The fourth-order valence-corrected chi connectivity index (χ4v) is 6.73. The number of alkyl halides is 2. The van der Waals surface area contributed by atoms with Crippen molar-refractivity contribution < 1.29 is 13.5 Å². The Labute approximate surface area is 185 Å². The highest BCUT2D eigenvalue weighted by Gasteiger charge is 2.40. The lowest BCUT2D eigenvalue weighted by Crippen LogP contribution is -2.43. The molecule has 1 aliphatic carbocycles. The van der Waals surface area contributed by atoms with Gasteiger partial charge in [0.15, 0.2) is 6.17 Å². The minimum atomic E-state index is -1.53. The molecule has 0 bridgehead atoms. The molecule has 1 aliphatic rings. The molecule has 0 N–H and O–H groups in total. The van der Waals surface area contributed by atoms with E-state index in [2.05, 4.69) is 72.8 Å². The molecule has 1 saturated carbocycles. The summed E-state index contributed by atoms with van der Waals surface area (Å²) in [6.07, 6.45) is -1.77. The van der Waals surface area contributed by atoms with Gasteiger partial charge in [0.1, 0.15) is 6.17 Å². The monoisotopic (exact) mass is 438 g/mol. The molecule has 4 atom stereocenters. The van der Waals surface area contributed by atoms with Gasteiger partial charge in [-0.3, -0.25) is 0 Å². The lowest BCUT2D eigenvalue weighted by Gasteiger charge is -2.34. The molecule has 4 rings (SSSR count). The van der Waals surface area contributed by atoms with E-state index in [-0.39, 0.29) is 5.92 Å². The van der Waals surface area contributed by atoms with Gasteiger partial charge in [-0.05, 0) is 61.5 Å². The van der Waals surface area contributed by atoms with Crippen molar-refractivity contribution in [3.05, 3.63) is 90.5 Å². The molecular formula is C27H29F2OP. The molecule has 0 amide bonds. The van der Waals surface area contributed by atoms with Crippen LogP contribution < -0.4 is 15.9 Å². The summed E-state index contributed by atoms with van der Waals surface area (Å²) in [7, 11) is -0.655. The van der Waals surface area contributed by atoms with Crippen LogP contribution in [0.2, 0.25) is 0 Å². The van der Waals surface area contributed by atoms with Crippen molar-refractivity contribution in [2.45, 2.75) is 44.6 Å². The maximum Gasteiger partial charge on any atom is 0.157 e. The average Bonchev–Trinajstić information content (AvgIpc) is 2.82. The summed E-state index contributed by atoms with van der Waals surface area (Å²) in [5.74, 6) is -0.290. The van der Waals surface area contributed by atoms with E-state index in [1.165, 1.54) is 15.9 Å². The van der Waals surface area contributed by atoms with Gasteiger partial charge in [0, 0.05) is 6.61 Å². The molecule has 0 saturated heterocycles. The fourth-order valence-electron chi connectivity index (χ4n) is 4.45. The lowest BCUT2D eigenvalue weighted by molar-refractivity contribution is -0.0704. The zero-order chi connectivity index (χ0) is 21.6. The second kappa shape index (κ2) is 10.5. The first-order valence-corrected chi connectivity index (χ1v) is 12.4. The van der Waals surface area contributed by atoms with Crippen LogP contribution in [0.4, 0.5) is 8.78 Å². The highest BCUT2D eigenvalue weighted by molar-refractivity contribution is 7.79. The summed E-state index contributed by atoms with van der Waals surface area (Å²) >= 11 is 0. The van der Waals surface area contributed by atoms with Crippen LogP contribution in [0.3, 0.4) is 0 Å². The summed E-state index contributed by atoms with van der Waals surface area (Å²) in [5.41, 5.74) is 1.06. The van der Waals surface area contributed by atoms with E-state index in [0.717, 1.165) is 5.56 Å². The van der Waals surface area contributed by atoms with Crippen LogP contribution in [0.1, 0.15) is 25.3 Å². The van der Waals surface area contributed by atoms with E-state index in [0.29, 0.717) is 25.9 Å². The minimum absolute atomic E-state index is 0.290. The molecular weight excluding hydrogens is 409 g/mol. The number of rotatable bonds is 7. The maximum atomic E-state index is 14.7. The zero-order valence-corrected chi connectivity index (χ0v) is 18.7. The molecule has 4 heteroatoms. The van der Waals surface area contributed by atoms with Crippen LogP contribution >= 0.6 is 7.92 Å². The second-order valence-corrected chi connectivity index (χ2v) is 10.3. The van der Waals surface area contributed by atoms with Gasteiger partial charge in [0.05, 0.1) is 6.10 Å². The largest absolute Gasteiger partial charge is 0.375 e. The molecule has 1 nitrogen and oxygen atoms in total. The van der Waals surface area contributed by atoms with Crippen molar-refractivity contribution in [1.82, 2.24) is 0 Å². The number of hydrogen-bond acceptors (Lipinski definition) is 1. The van der Waals surface area contributed by atoms with Gasteiger partial charge in [-0.25, -0.2) is 8.78 Å². The van der Waals surface area contributed by atoms with Gasteiger partial charge in [0.2, 0.25) is 0 Å². The van der Waals surface area contributed by atoms with Gasteiger partial charge < -0.3 is 4.74 Å². The predicted molar refractivity (Wildman–Crippen MR) is 127 cm³/mol. The molecule has 0 heterocycles. The normalized spacial score (nSPS) is 23.7. The molecule has 0 aliphatic heterocycles. The summed E-state index contributed by atoms with van der Waals surface area (Å²) in [5, 5.41) is 3.86. The molecule has 0 spiro atoms. The Bertz CT molecular complexity index is 893. The van der Waals surface area contributed by atoms with E-state index in [9.17, 15) is 8.78 Å². The molecule has 0 aromatic heterocycles. The Morgan fingerprint density at radius 1 is 0.742 bits per heavy atom. The number of halogens is 2. The van der Waals surface area contributed by atoms with Crippen molar-refractivity contribution in [1.29, 1.82) is 0 Å². The first kappa shape index (κ1) is 22.1. The second-order valence-electron chi connectivity index (χ2n) is 8.10. The van der Waals surface area contributed by atoms with E-state index in [4.69, 9.17) is 4.74 Å². The third-order valence-electron chi connectivity index (χ3n) is 6.03. The first-order chi connectivity index (χ1) is 15.2. The van der Waals surface area contributed by atoms with Crippen molar-refractivity contribution in [2.75, 3.05) is 6.61 Å². The van der Waals surface area contributed by atoms with E-state index in [1.54, 1.807) is 0 Å². The molecule has 162 valence electrons. The van der Waals surface area contributed by atoms with E-state index >= 15 is 0 Å². The van der Waals surface area contributed by atoms with Crippen molar-refractivity contribution in [3.8, 4) is 0 Å². The number of ether oxygens (including phenoxy) is 1. The Balaban J connectivity index is 1.52. The topological polar surface area (TPSA) is 9.23 Å². The smallest absolute Gasteiger partial charge is 0.157 e. The van der Waals surface area contributed by atoms with Gasteiger partial charge >= 0.3 is 0 Å². The average molecular weight is 438 g/mol. The van der Waals surface area contributed by atoms with Crippen molar-refractivity contribution in [2.24, 2.45) is 5.92 Å². The lowest BCUT2D eigenvalue weighted by atomic mass is 9.81. The Kier molecular flexibility index (Phi) is 7.48. The van der Waals surface area contributed by atoms with Crippen LogP contribution in [-0.2, 0) is 11.2 Å². The fraction of sp³-hybridized carbons (Fsp3) is 0.333. The first-order valence-electron chi connectivity index (χ1n) is 11.1. The molecule has 0 radical (unpaired) electrons. The molecule has 31 heavy (non-hydrogen) atoms. The Hall–Kier alpha value is -2.09. The summed E-state index contributed by atoms with van der Waals surface area (Å²) in [6, 6.07) is 29.6. The van der Waals surface area contributed by atoms with Crippen LogP contribution in [0.5, 0.6) is 0 Å². The number of hydrogen-bond donors (Lipinski definition) is 0. The van der Waals surface area contributed by atoms with Crippen LogP contribution in [0, 0.1) is 5.92 Å². The van der Waals surface area contributed by atoms with Crippen molar-refractivity contribution >= 4 is 23.8 Å². The van der Waals surface area contributed by atoms with Gasteiger partial charge in [-0.2, -0.15) is 0 Å². The molecule has 3 aromatic carbocycles. The standard InChI is InChI=1S/C27H29F2OP/c1-2-30-25-18-15-21(26(28)27(25)29)19-20-13-16-24(17-14-20)31(22-9-5-3-6-10-22)23-11-7-4-8-12-23/h3-14,16-17,21,25-27H,2,15,18-19H2,1H3/t21-,25?,26-,27?/m0/s1. The van der Waals surface area contributed by atoms with Crippen LogP contribution in [-0.4, -0.2) is 25.1 Å². The summed E-state index contributed by atoms with van der Waals surface area (Å²) < 4.78 is 34.5. The summed E-state index contributed by atoms with van der Waals surface area (Å²) in [6.45, 7) is 2.25. The van der Waals surface area contributed by atoms with Crippen molar-refractivity contribution in [3.63, 3.8) is 0 Å². The van der Waals surface area contributed by atoms with Gasteiger partial charge in [-0.1, -0.05) is 84.9 Å².